The SMILES string of the molecule is C=N/C(=C1/Oc2cc3ccccc3cc2C1=Nc1c(-c2ccccc2NC)ccc2sc3ccccc3c12)c1ccccc1. The summed E-state index contributed by atoms with van der Waals surface area (Å²) in [4.78, 5) is 10.1. The molecule has 1 aliphatic heterocycles. The number of aliphatic imine (C=N–C) groups is 2. The lowest BCUT2D eigenvalue weighted by atomic mass is 9.97. The molecule has 0 aliphatic carbocycles. The molecular weight excluding hydrogens is 559 g/mol. The number of ether oxygens (including phenoxy) is 1. The highest BCUT2D eigenvalue weighted by atomic mass is 32.1. The number of nitrogens with zero attached hydrogens (tertiary/aromatic N) is 2. The number of benzene rings is 6. The van der Waals surface area contributed by atoms with E-state index in [1.807, 2.05) is 49.5 Å². The molecule has 0 radical (unpaired) electrons. The molecule has 0 bridgehead atoms. The Morgan fingerprint density at radius 2 is 1.43 bits per heavy atom. The Balaban J connectivity index is 1.51. The van der Waals surface area contributed by atoms with Gasteiger partial charge >= 0.3 is 0 Å². The first-order valence-corrected chi connectivity index (χ1v) is 15.3. The fourth-order valence-electron chi connectivity index (χ4n) is 6.11. The Morgan fingerprint density at radius 1 is 0.705 bits per heavy atom. The van der Waals surface area contributed by atoms with Crippen molar-refractivity contribution in [3.63, 3.8) is 0 Å². The molecule has 0 saturated carbocycles. The zero-order valence-corrected chi connectivity index (χ0v) is 24.9. The second kappa shape index (κ2) is 10.6. The predicted molar refractivity (Wildman–Crippen MR) is 188 cm³/mol. The number of thiophene rings is 1. The van der Waals surface area contributed by atoms with E-state index in [2.05, 4.69) is 102 Å². The minimum absolute atomic E-state index is 0.598. The van der Waals surface area contributed by atoms with Crippen LogP contribution in [0.25, 0.3) is 47.8 Å². The third-order valence-corrected chi connectivity index (χ3v) is 9.31. The largest absolute Gasteiger partial charge is 0.452 e. The van der Waals surface area contributed by atoms with E-state index >= 15 is 0 Å². The molecule has 0 fully saturated rings. The van der Waals surface area contributed by atoms with Crippen molar-refractivity contribution in [2.24, 2.45) is 9.98 Å². The van der Waals surface area contributed by atoms with Crippen molar-refractivity contribution in [2.45, 2.75) is 0 Å². The maximum Gasteiger partial charge on any atom is 0.179 e. The van der Waals surface area contributed by atoms with Gasteiger partial charge in [-0.3, -0.25) is 4.99 Å². The van der Waals surface area contributed by atoms with Crippen LogP contribution >= 0.6 is 11.3 Å². The molecule has 1 N–H and O–H groups in total. The predicted octanol–water partition coefficient (Wildman–Crippen LogP) is 10.5. The van der Waals surface area contributed by atoms with E-state index in [1.165, 1.54) is 14.8 Å². The first kappa shape index (κ1) is 26.1. The Labute approximate surface area is 259 Å². The molecule has 0 unspecified atom stereocenters. The van der Waals surface area contributed by atoms with E-state index in [0.29, 0.717) is 11.5 Å². The lowest BCUT2D eigenvalue weighted by Gasteiger charge is -2.14. The average molecular weight is 586 g/mol. The van der Waals surface area contributed by atoms with Gasteiger partial charge in [-0.1, -0.05) is 97.1 Å². The lowest BCUT2D eigenvalue weighted by Crippen LogP contribution is -2.04. The molecule has 1 aliphatic rings. The number of hydrogen-bond donors (Lipinski definition) is 1. The van der Waals surface area contributed by atoms with Crippen LogP contribution in [0.15, 0.2) is 143 Å². The summed E-state index contributed by atoms with van der Waals surface area (Å²) in [5, 5.41) is 7.92. The van der Waals surface area contributed by atoms with E-state index in [1.54, 1.807) is 11.3 Å². The van der Waals surface area contributed by atoms with Crippen LogP contribution in [0.2, 0.25) is 0 Å². The smallest absolute Gasteiger partial charge is 0.179 e. The molecule has 2 heterocycles. The van der Waals surface area contributed by atoms with Gasteiger partial charge in [-0.2, -0.15) is 0 Å². The van der Waals surface area contributed by atoms with Gasteiger partial charge in [0.2, 0.25) is 0 Å². The van der Waals surface area contributed by atoms with Crippen LogP contribution in [0.1, 0.15) is 11.1 Å². The summed E-state index contributed by atoms with van der Waals surface area (Å²) in [6.07, 6.45) is 0. The summed E-state index contributed by atoms with van der Waals surface area (Å²) in [6.45, 7) is 3.96. The van der Waals surface area contributed by atoms with Crippen LogP contribution in [-0.2, 0) is 0 Å². The molecule has 0 saturated heterocycles. The second-order valence-corrected chi connectivity index (χ2v) is 11.8. The maximum absolute atomic E-state index is 6.68. The Bertz CT molecular complexity index is 2310. The van der Waals surface area contributed by atoms with E-state index < -0.39 is 0 Å². The second-order valence-electron chi connectivity index (χ2n) is 10.7. The Kier molecular flexibility index (Phi) is 6.32. The maximum atomic E-state index is 6.68. The van der Waals surface area contributed by atoms with Crippen LogP contribution < -0.4 is 10.1 Å². The molecule has 4 nitrogen and oxygen atoms in total. The van der Waals surface area contributed by atoms with Crippen molar-refractivity contribution in [3.05, 3.63) is 144 Å². The molecular formula is C39H27N3OS. The van der Waals surface area contributed by atoms with Crippen LogP contribution in [0.4, 0.5) is 11.4 Å². The van der Waals surface area contributed by atoms with Gasteiger partial charge in [0.25, 0.3) is 0 Å². The number of para-hydroxylation sites is 1. The highest BCUT2D eigenvalue weighted by molar-refractivity contribution is 7.26. The van der Waals surface area contributed by atoms with Gasteiger partial charge in [-0.25, -0.2) is 4.99 Å². The summed E-state index contributed by atoms with van der Waals surface area (Å²) in [5.41, 5.74) is 7.31. The molecule has 1 aromatic heterocycles. The zero-order chi connectivity index (χ0) is 29.6. The molecule has 8 rings (SSSR count). The summed E-state index contributed by atoms with van der Waals surface area (Å²) < 4.78 is 9.10. The average Bonchev–Trinajstić information content (AvgIpc) is 3.62. The summed E-state index contributed by atoms with van der Waals surface area (Å²) in [5.74, 6) is 1.36. The Morgan fingerprint density at radius 3 is 2.25 bits per heavy atom. The highest BCUT2D eigenvalue weighted by Gasteiger charge is 2.31. The number of allylic oxidation sites excluding steroid dienone is 1. The number of hydrogen-bond acceptors (Lipinski definition) is 5. The summed E-state index contributed by atoms with van der Waals surface area (Å²) in [6, 6.07) is 44.0. The number of fused-ring (bicyclic) bond motifs is 5. The minimum Gasteiger partial charge on any atom is -0.452 e. The Hall–Kier alpha value is -5.52. The van der Waals surface area contributed by atoms with Crippen molar-refractivity contribution in [1.29, 1.82) is 0 Å². The third-order valence-electron chi connectivity index (χ3n) is 8.18. The lowest BCUT2D eigenvalue weighted by molar-refractivity contribution is 0.471. The minimum atomic E-state index is 0.598. The van der Waals surface area contributed by atoms with Crippen LogP contribution in [-0.4, -0.2) is 19.5 Å². The fraction of sp³-hybridized carbons (Fsp3) is 0.0256. The van der Waals surface area contributed by atoms with E-state index in [-0.39, 0.29) is 0 Å². The van der Waals surface area contributed by atoms with Gasteiger partial charge in [0.05, 0.1) is 5.69 Å². The van der Waals surface area contributed by atoms with Crippen molar-refractivity contribution in [1.82, 2.24) is 0 Å². The van der Waals surface area contributed by atoms with Gasteiger partial charge in [-0.15, -0.1) is 11.3 Å². The molecule has 7 aromatic rings. The normalized spacial score (nSPS) is 14.6. The zero-order valence-electron chi connectivity index (χ0n) is 24.0. The third kappa shape index (κ3) is 4.21. The van der Waals surface area contributed by atoms with Gasteiger partial charge in [0.1, 0.15) is 17.2 Å². The van der Waals surface area contributed by atoms with Gasteiger partial charge in [-0.05, 0) is 47.8 Å². The van der Waals surface area contributed by atoms with E-state index in [4.69, 9.17) is 9.73 Å². The van der Waals surface area contributed by atoms with Crippen molar-refractivity contribution < 1.29 is 4.74 Å². The number of anilines is 1. The number of nitrogens with one attached hydrogen (secondary N) is 1. The molecule has 44 heavy (non-hydrogen) atoms. The topological polar surface area (TPSA) is 46.0 Å². The van der Waals surface area contributed by atoms with Crippen molar-refractivity contribution in [2.75, 3.05) is 12.4 Å². The van der Waals surface area contributed by atoms with Crippen LogP contribution in [0.3, 0.4) is 0 Å². The van der Waals surface area contributed by atoms with Gasteiger partial charge < -0.3 is 10.1 Å². The molecule has 6 aromatic carbocycles. The molecule has 0 atom stereocenters. The van der Waals surface area contributed by atoms with E-state index in [0.717, 1.165) is 61.2 Å². The standard InChI is InChI=1S/C39H27N3OS/c1-40-31-18-10-8-16-27(31)28-20-21-34-35(29-17-9-11-19-33(29)44-34)37(28)42-38-30-22-25-14-6-7-15-26(25)23-32(30)43-39(38)36(41-2)24-12-4-3-5-13-24/h3-23,40H,2H2,1H3/b39-36+,42-38?. The first-order valence-electron chi connectivity index (χ1n) is 14.5. The van der Waals surface area contributed by atoms with Crippen LogP contribution in [0, 0.1) is 0 Å². The fourth-order valence-corrected chi connectivity index (χ4v) is 7.22. The van der Waals surface area contributed by atoms with Crippen molar-refractivity contribution in [3.8, 4) is 16.9 Å². The summed E-state index contributed by atoms with van der Waals surface area (Å²) >= 11 is 1.79. The molecule has 210 valence electrons. The van der Waals surface area contributed by atoms with E-state index in [9.17, 15) is 0 Å². The quantitative estimate of drug-likeness (QED) is 0.204. The van der Waals surface area contributed by atoms with Gasteiger partial charge in [0.15, 0.2) is 5.76 Å². The summed E-state index contributed by atoms with van der Waals surface area (Å²) in [7, 11) is 1.96. The highest BCUT2D eigenvalue weighted by Crippen LogP contribution is 2.48. The number of rotatable bonds is 5. The molecule has 0 amide bonds. The first-order chi connectivity index (χ1) is 21.7. The van der Waals surface area contributed by atoms with Crippen molar-refractivity contribution >= 4 is 71.8 Å². The van der Waals surface area contributed by atoms with Crippen LogP contribution in [0.5, 0.6) is 5.75 Å². The van der Waals surface area contributed by atoms with Gasteiger partial charge in [0, 0.05) is 55.2 Å². The molecule has 0 spiro atoms. The monoisotopic (exact) mass is 585 g/mol. The molecule has 5 heteroatoms.